The molecule has 0 aromatic heterocycles. The molecule has 0 bridgehead atoms. The molecule has 3 amide bonds. The fourth-order valence-electron chi connectivity index (χ4n) is 5.13. The fourth-order valence-corrected chi connectivity index (χ4v) is 5.13. The van der Waals surface area contributed by atoms with E-state index in [-0.39, 0.29) is 17.4 Å². The molecule has 3 rings (SSSR count). The van der Waals surface area contributed by atoms with Crippen LogP contribution in [0.25, 0.3) is 0 Å². The minimum Gasteiger partial charge on any atom is -0.378 e. The molecular weight excluding hydrogens is 406 g/mol. The van der Waals surface area contributed by atoms with Crippen LogP contribution >= 0.6 is 0 Å². The summed E-state index contributed by atoms with van der Waals surface area (Å²) in [5, 5.41) is 16.0. The summed E-state index contributed by atoms with van der Waals surface area (Å²) in [6.45, 7) is 11.9. The fraction of sp³-hybridized carbons (Fsp3) is 0.875. The van der Waals surface area contributed by atoms with Crippen molar-refractivity contribution in [2.75, 3.05) is 39.4 Å². The van der Waals surface area contributed by atoms with Gasteiger partial charge in [0.05, 0.1) is 19.3 Å². The average molecular weight is 448 g/mol. The third kappa shape index (κ3) is 6.58. The monoisotopic (exact) mass is 447 g/mol. The number of carbonyl (C=O) groups excluding carboxylic acids is 2. The van der Waals surface area contributed by atoms with Crippen molar-refractivity contribution < 1.29 is 14.3 Å². The number of nitrogens with zero attached hydrogens (tertiary/aromatic N) is 3. The van der Waals surface area contributed by atoms with Crippen LogP contribution in [0.2, 0.25) is 0 Å². The molecule has 2 unspecified atom stereocenters. The largest absolute Gasteiger partial charge is 0.378 e. The van der Waals surface area contributed by atoms with Crippen LogP contribution in [0.4, 0.5) is 4.79 Å². The van der Waals surface area contributed by atoms with Gasteiger partial charge in [0.2, 0.25) is 5.91 Å². The standard InChI is InChI=1S/C24H41N5O3/c1-18-5-7-19(8-6-18)29-10-9-24(16-25,17-29)27-21(30)20(15-23(2,3)4)26-22(31)28-11-13-32-14-12-28/h18-20H,5-15,17H2,1-4H3,(H,26,31)(H,27,30)/t18-,19-,20?,24?. The van der Waals surface area contributed by atoms with Gasteiger partial charge in [-0.2, -0.15) is 5.26 Å². The van der Waals surface area contributed by atoms with Crippen molar-refractivity contribution in [1.29, 1.82) is 5.26 Å². The Labute approximate surface area is 193 Å². The Morgan fingerprint density at radius 2 is 1.81 bits per heavy atom. The van der Waals surface area contributed by atoms with Gasteiger partial charge < -0.3 is 20.3 Å². The van der Waals surface area contributed by atoms with E-state index in [0.29, 0.717) is 51.7 Å². The number of morpholine rings is 1. The zero-order chi connectivity index (χ0) is 23.4. The van der Waals surface area contributed by atoms with Crippen molar-refractivity contribution in [3.63, 3.8) is 0 Å². The van der Waals surface area contributed by atoms with E-state index in [1.165, 1.54) is 25.7 Å². The van der Waals surface area contributed by atoms with Crippen molar-refractivity contribution in [1.82, 2.24) is 20.4 Å². The molecule has 3 fully saturated rings. The summed E-state index contributed by atoms with van der Waals surface area (Å²) >= 11 is 0. The third-order valence-corrected chi connectivity index (χ3v) is 7.11. The second-order valence-corrected chi connectivity index (χ2v) is 11.2. The van der Waals surface area contributed by atoms with Crippen molar-refractivity contribution in [3.8, 4) is 6.07 Å². The highest BCUT2D eigenvalue weighted by molar-refractivity contribution is 5.88. The summed E-state index contributed by atoms with van der Waals surface area (Å²) < 4.78 is 5.32. The molecule has 2 saturated heterocycles. The average Bonchev–Trinajstić information content (AvgIpc) is 3.18. The van der Waals surface area contributed by atoms with Gasteiger partial charge in [-0.3, -0.25) is 9.69 Å². The summed E-state index contributed by atoms with van der Waals surface area (Å²) in [5.41, 5.74) is -1.04. The lowest BCUT2D eigenvalue weighted by Crippen LogP contribution is -2.59. The normalized spacial score (nSPS) is 30.4. The Balaban J connectivity index is 1.64. The Hall–Kier alpha value is -1.85. The molecule has 8 nitrogen and oxygen atoms in total. The van der Waals surface area contributed by atoms with E-state index in [1.54, 1.807) is 4.90 Å². The molecule has 1 saturated carbocycles. The van der Waals surface area contributed by atoms with E-state index in [9.17, 15) is 14.9 Å². The lowest BCUT2D eigenvalue weighted by molar-refractivity contribution is -0.125. The molecule has 2 atom stereocenters. The first-order chi connectivity index (χ1) is 15.1. The van der Waals surface area contributed by atoms with Gasteiger partial charge in [-0.1, -0.05) is 27.7 Å². The smallest absolute Gasteiger partial charge is 0.318 e. The minimum atomic E-state index is -0.889. The highest BCUT2D eigenvalue weighted by Crippen LogP contribution is 2.32. The third-order valence-electron chi connectivity index (χ3n) is 7.11. The topological polar surface area (TPSA) is 97.7 Å². The van der Waals surface area contributed by atoms with E-state index >= 15 is 0 Å². The van der Waals surface area contributed by atoms with Crippen LogP contribution in [-0.4, -0.2) is 78.8 Å². The Kier molecular flexibility index (Phi) is 8.05. The minimum absolute atomic E-state index is 0.152. The number of hydrogen-bond donors (Lipinski definition) is 2. The zero-order valence-electron chi connectivity index (χ0n) is 20.3. The summed E-state index contributed by atoms with van der Waals surface area (Å²) in [5.74, 6) is 0.518. The highest BCUT2D eigenvalue weighted by atomic mass is 16.5. The predicted octanol–water partition coefficient (Wildman–Crippen LogP) is 2.50. The number of ether oxygens (including phenoxy) is 1. The van der Waals surface area contributed by atoms with E-state index < -0.39 is 11.6 Å². The molecule has 180 valence electrons. The van der Waals surface area contributed by atoms with Crippen molar-refractivity contribution in [2.24, 2.45) is 11.3 Å². The molecule has 2 heterocycles. The van der Waals surface area contributed by atoms with Gasteiger partial charge in [-0.15, -0.1) is 0 Å². The maximum Gasteiger partial charge on any atom is 0.318 e. The highest BCUT2D eigenvalue weighted by Gasteiger charge is 2.44. The number of likely N-dealkylation sites (tertiary alicyclic amines) is 1. The quantitative estimate of drug-likeness (QED) is 0.675. The molecule has 0 aromatic carbocycles. The Bertz CT molecular complexity index is 701. The zero-order valence-corrected chi connectivity index (χ0v) is 20.3. The molecule has 8 heteroatoms. The lowest BCUT2D eigenvalue weighted by atomic mass is 9.86. The van der Waals surface area contributed by atoms with Gasteiger partial charge in [0.25, 0.3) is 0 Å². The number of nitrogens with one attached hydrogen (secondary N) is 2. The maximum atomic E-state index is 13.3. The van der Waals surface area contributed by atoms with E-state index in [2.05, 4.69) is 49.3 Å². The number of hydrogen-bond acceptors (Lipinski definition) is 5. The summed E-state index contributed by atoms with van der Waals surface area (Å²) in [4.78, 5) is 30.2. The van der Waals surface area contributed by atoms with Gasteiger partial charge in [-0.05, 0) is 49.9 Å². The van der Waals surface area contributed by atoms with Gasteiger partial charge in [0.15, 0.2) is 0 Å². The van der Waals surface area contributed by atoms with Gasteiger partial charge in [0.1, 0.15) is 11.6 Å². The first-order valence-corrected chi connectivity index (χ1v) is 12.2. The number of carbonyl (C=O) groups is 2. The van der Waals surface area contributed by atoms with Crippen LogP contribution in [-0.2, 0) is 9.53 Å². The van der Waals surface area contributed by atoms with Gasteiger partial charge in [0, 0.05) is 32.2 Å². The Morgan fingerprint density at radius 3 is 2.41 bits per heavy atom. The molecule has 3 aliphatic rings. The van der Waals surface area contributed by atoms with E-state index in [0.717, 1.165) is 12.5 Å². The SMILES string of the molecule is CC(C)(C)CC(NC(=O)N1CCOCC1)C(=O)NC1(C#N)CCN([C@H]2CC[C@H](C)CC2)C1. The Morgan fingerprint density at radius 1 is 1.16 bits per heavy atom. The van der Waals surface area contributed by atoms with Crippen LogP contribution < -0.4 is 10.6 Å². The summed E-state index contributed by atoms with van der Waals surface area (Å²) in [6.07, 6.45) is 5.92. The van der Waals surface area contributed by atoms with Gasteiger partial charge in [-0.25, -0.2) is 4.79 Å². The molecule has 0 aromatic rings. The van der Waals surface area contributed by atoms with Crippen LogP contribution in [0.5, 0.6) is 0 Å². The second-order valence-electron chi connectivity index (χ2n) is 11.2. The predicted molar refractivity (Wildman–Crippen MR) is 123 cm³/mol. The van der Waals surface area contributed by atoms with E-state index in [1.807, 2.05) is 0 Å². The molecule has 0 radical (unpaired) electrons. The van der Waals surface area contributed by atoms with Gasteiger partial charge >= 0.3 is 6.03 Å². The van der Waals surface area contributed by atoms with Crippen LogP contribution in [0, 0.1) is 22.7 Å². The second kappa shape index (κ2) is 10.4. The number of urea groups is 1. The van der Waals surface area contributed by atoms with Crippen molar-refractivity contribution in [3.05, 3.63) is 0 Å². The van der Waals surface area contributed by atoms with Crippen LogP contribution in [0.3, 0.4) is 0 Å². The van der Waals surface area contributed by atoms with Crippen LogP contribution in [0.1, 0.15) is 66.2 Å². The molecular formula is C24H41N5O3. The molecule has 2 aliphatic heterocycles. The molecule has 1 aliphatic carbocycles. The maximum absolute atomic E-state index is 13.3. The number of rotatable bonds is 5. The first kappa shape index (κ1) is 24.8. The molecule has 32 heavy (non-hydrogen) atoms. The van der Waals surface area contributed by atoms with Crippen molar-refractivity contribution >= 4 is 11.9 Å². The first-order valence-electron chi connectivity index (χ1n) is 12.2. The number of amides is 3. The summed E-state index contributed by atoms with van der Waals surface area (Å²) in [7, 11) is 0. The molecule has 0 spiro atoms. The van der Waals surface area contributed by atoms with E-state index in [4.69, 9.17) is 4.74 Å². The number of nitriles is 1. The lowest BCUT2D eigenvalue weighted by Gasteiger charge is -2.35. The van der Waals surface area contributed by atoms with Crippen molar-refractivity contribution in [2.45, 2.75) is 83.8 Å². The van der Waals surface area contributed by atoms with Crippen LogP contribution in [0.15, 0.2) is 0 Å². The molecule has 2 N–H and O–H groups in total. The summed E-state index contributed by atoms with van der Waals surface area (Å²) in [6, 6.07) is 1.99.